The Labute approximate surface area is 219 Å². The second kappa shape index (κ2) is 12.3. The molecule has 10 nitrogen and oxygen atoms in total. The van der Waals surface area contributed by atoms with Gasteiger partial charge in [-0.25, -0.2) is 0 Å². The Balaban J connectivity index is 1.51. The monoisotopic (exact) mass is 526 g/mol. The first-order valence-electron chi connectivity index (χ1n) is 11.9. The number of hydrogen-bond donors (Lipinski definition) is 3. The van der Waals surface area contributed by atoms with E-state index in [9.17, 15) is 14.7 Å². The molecule has 4 unspecified atom stereocenters. The highest BCUT2D eigenvalue weighted by atomic mass is 32.2. The lowest BCUT2D eigenvalue weighted by atomic mass is 9.91. The van der Waals surface area contributed by atoms with Crippen LogP contribution in [0.5, 0.6) is 0 Å². The van der Waals surface area contributed by atoms with Gasteiger partial charge in [0.1, 0.15) is 6.33 Å². The van der Waals surface area contributed by atoms with Crippen LogP contribution in [0, 0.1) is 5.92 Å². The van der Waals surface area contributed by atoms with E-state index in [1.54, 1.807) is 30.2 Å². The standard InChI is InChI=1S/C26H30N4O6S/c1-16-21(14-37-26-29-27-15-30(26)2)35-25(36-24(16)18-5-3-17(13-31)4-6-18)19-7-9-20(10-8-19)28-22(32)11-12-23(33)34/h3-10,15-16,21,24-25,31H,11-14H2,1-2H3,(H,28,32)(H,33,34). The Bertz CT molecular complexity index is 1200. The minimum Gasteiger partial charge on any atom is -0.481 e. The molecule has 1 aliphatic rings. The lowest BCUT2D eigenvalue weighted by Gasteiger charge is -2.41. The number of aromatic nitrogens is 3. The molecule has 11 heteroatoms. The smallest absolute Gasteiger partial charge is 0.303 e. The van der Waals surface area contributed by atoms with Crippen molar-refractivity contribution in [3.05, 3.63) is 71.5 Å². The normalized spacial score (nSPS) is 21.5. The zero-order chi connectivity index (χ0) is 26.4. The molecule has 3 aromatic rings. The number of thioether (sulfide) groups is 1. The van der Waals surface area contributed by atoms with Crippen LogP contribution in [0.15, 0.2) is 60.0 Å². The lowest BCUT2D eigenvalue weighted by molar-refractivity contribution is -0.268. The van der Waals surface area contributed by atoms with Crippen LogP contribution in [0.3, 0.4) is 0 Å². The molecule has 37 heavy (non-hydrogen) atoms. The molecule has 0 spiro atoms. The Morgan fingerprint density at radius 3 is 2.38 bits per heavy atom. The van der Waals surface area contributed by atoms with Crippen molar-refractivity contribution >= 4 is 29.3 Å². The van der Waals surface area contributed by atoms with Gasteiger partial charge in [-0.3, -0.25) is 9.59 Å². The average molecular weight is 527 g/mol. The van der Waals surface area contributed by atoms with Crippen LogP contribution in [-0.2, 0) is 32.7 Å². The van der Waals surface area contributed by atoms with E-state index in [2.05, 4.69) is 22.4 Å². The van der Waals surface area contributed by atoms with Gasteiger partial charge in [-0.15, -0.1) is 10.2 Å². The fraction of sp³-hybridized carbons (Fsp3) is 0.385. The Morgan fingerprint density at radius 2 is 1.76 bits per heavy atom. The van der Waals surface area contributed by atoms with E-state index in [-0.39, 0.29) is 43.5 Å². The number of carbonyl (C=O) groups excluding carboxylic acids is 1. The van der Waals surface area contributed by atoms with Gasteiger partial charge in [0.2, 0.25) is 5.91 Å². The molecule has 0 aliphatic carbocycles. The summed E-state index contributed by atoms with van der Waals surface area (Å²) in [6.45, 7) is 2.07. The van der Waals surface area contributed by atoms with Gasteiger partial charge in [0, 0.05) is 36.4 Å². The number of aliphatic hydroxyl groups excluding tert-OH is 1. The number of aryl methyl sites for hydroxylation is 1. The molecule has 1 aromatic heterocycles. The summed E-state index contributed by atoms with van der Waals surface area (Å²) in [4.78, 5) is 22.7. The van der Waals surface area contributed by atoms with Gasteiger partial charge in [0.15, 0.2) is 11.4 Å². The summed E-state index contributed by atoms with van der Waals surface area (Å²) in [6, 6.07) is 14.9. The molecule has 2 heterocycles. The number of rotatable bonds is 10. The number of amides is 1. The molecule has 4 atom stereocenters. The quantitative estimate of drug-likeness (QED) is 0.338. The third kappa shape index (κ3) is 6.95. The summed E-state index contributed by atoms with van der Waals surface area (Å²) >= 11 is 1.57. The van der Waals surface area contributed by atoms with E-state index < -0.39 is 12.3 Å². The van der Waals surface area contributed by atoms with E-state index in [1.807, 2.05) is 48.0 Å². The van der Waals surface area contributed by atoms with Gasteiger partial charge >= 0.3 is 5.97 Å². The van der Waals surface area contributed by atoms with E-state index in [4.69, 9.17) is 14.6 Å². The Hall–Kier alpha value is -3.25. The number of carbonyl (C=O) groups is 2. The first-order chi connectivity index (χ1) is 17.8. The highest BCUT2D eigenvalue weighted by Gasteiger charge is 2.38. The summed E-state index contributed by atoms with van der Waals surface area (Å²) in [5.41, 5.74) is 3.18. The van der Waals surface area contributed by atoms with Crippen molar-refractivity contribution in [3.63, 3.8) is 0 Å². The molecule has 1 aliphatic heterocycles. The third-order valence-corrected chi connectivity index (χ3v) is 7.33. The number of aliphatic carboxylic acids is 1. The molecule has 4 rings (SSSR count). The number of benzene rings is 2. The predicted molar refractivity (Wildman–Crippen MR) is 137 cm³/mol. The molecule has 0 saturated carbocycles. The van der Waals surface area contributed by atoms with Crippen molar-refractivity contribution in [1.82, 2.24) is 14.8 Å². The second-order valence-electron chi connectivity index (χ2n) is 8.92. The molecule has 1 fully saturated rings. The average Bonchev–Trinajstić information content (AvgIpc) is 3.32. The number of nitrogens with zero attached hydrogens (tertiary/aromatic N) is 3. The van der Waals surface area contributed by atoms with Gasteiger partial charge in [-0.2, -0.15) is 0 Å². The van der Waals surface area contributed by atoms with Crippen LogP contribution in [0.25, 0.3) is 0 Å². The lowest BCUT2D eigenvalue weighted by Crippen LogP contribution is -2.38. The summed E-state index contributed by atoms with van der Waals surface area (Å²) < 4.78 is 14.7. The Kier molecular flexibility index (Phi) is 8.93. The fourth-order valence-corrected chi connectivity index (χ4v) is 5.09. The summed E-state index contributed by atoms with van der Waals surface area (Å²) in [7, 11) is 1.90. The maximum absolute atomic E-state index is 12.0. The molecular formula is C26H30N4O6S. The number of nitrogens with one attached hydrogen (secondary N) is 1. The SMILES string of the molecule is CC1C(CSc2nncn2C)OC(c2ccc(NC(=O)CCC(=O)O)cc2)OC1c1ccc(CO)cc1. The van der Waals surface area contributed by atoms with Crippen molar-refractivity contribution in [1.29, 1.82) is 0 Å². The van der Waals surface area contributed by atoms with Crippen molar-refractivity contribution in [3.8, 4) is 0 Å². The maximum atomic E-state index is 12.0. The number of ether oxygens (including phenoxy) is 2. The highest BCUT2D eigenvalue weighted by molar-refractivity contribution is 7.99. The van der Waals surface area contributed by atoms with E-state index in [1.165, 1.54) is 0 Å². The van der Waals surface area contributed by atoms with Crippen LogP contribution in [0.2, 0.25) is 0 Å². The number of hydrogen-bond acceptors (Lipinski definition) is 8. The van der Waals surface area contributed by atoms with Crippen LogP contribution in [0.4, 0.5) is 5.69 Å². The van der Waals surface area contributed by atoms with Crippen molar-refractivity contribution in [2.75, 3.05) is 11.1 Å². The summed E-state index contributed by atoms with van der Waals surface area (Å²) in [6.07, 6.45) is 0.310. The van der Waals surface area contributed by atoms with Crippen LogP contribution in [-0.4, -0.2) is 48.7 Å². The van der Waals surface area contributed by atoms with E-state index in [0.717, 1.165) is 21.8 Å². The van der Waals surface area contributed by atoms with E-state index in [0.29, 0.717) is 11.4 Å². The van der Waals surface area contributed by atoms with E-state index >= 15 is 0 Å². The molecule has 0 radical (unpaired) electrons. The predicted octanol–water partition coefficient (Wildman–Crippen LogP) is 3.69. The van der Waals surface area contributed by atoms with Crippen LogP contribution >= 0.6 is 11.8 Å². The van der Waals surface area contributed by atoms with Crippen LogP contribution in [0.1, 0.15) is 48.8 Å². The summed E-state index contributed by atoms with van der Waals surface area (Å²) in [5, 5.41) is 29.8. The molecule has 1 saturated heterocycles. The van der Waals surface area contributed by atoms with Crippen molar-refractivity contribution in [2.24, 2.45) is 13.0 Å². The summed E-state index contributed by atoms with van der Waals surface area (Å²) in [5.74, 6) is -0.693. The number of anilines is 1. The number of carboxylic acid groups (broad SMARTS) is 1. The molecule has 1 amide bonds. The number of carboxylic acids is 1. The van der Waals surface area contributed by atoms with Crippen molar-refractivity contribution < 1.29 is 29.3 Å². The first kappa shape index (κ1) is 26.8. The number of aliphatic hydroxyl groups is 1. The molecule has 3 N–H and O–H groups in total. The molecule has 196 valence electrons. The van der Waals surface area contributed by atoms with Gasteiger partial charge in [-0.1, -0.05) is 55.1 Å². The first-order valence-corrected chi connectivity index (χ1v) is 12.9. The molecule has 2 aromatic carbocycles. The topological polar surface area (TPSA) is 136 Å². The van der Waals surface area contributed by atoms with Gasteiger partial charge < -0.3 is 29.6 Å². The zero-order valence-electron chi connectivity index (χ0n) is 20.6. The molecular weight excluding hydrogens is 496 g/mol. The maximum Gasteiger partial charge on any atom is 0.303 e. The highest BCUT2D eigenvalue weighted by Crippen LogP contribution is 2.43. The van der Waals surface area contributed by atoms with Gasteiger partial charge in [0.25, 0.3) is 0 Å². The van der Waals surface area contributed by atoms with Crippen molar-refractivity contribution in [2.45, 2.75) is 50.0 Å². The second-order valence-corrected chi connectivity index (χ2v) is 9.91. The minimum atomic E-state index is -1.02. The fourth-order valence-electron chi connectivity index (χ4n) is 4.04. The van der Waals surface area contributed by atoms with Gasteiger partial charge in [-0.05, 0) is 23.3 Å². The van der Waals surface area contributed by atoms with Crippen LogP contribution < -0.4 is 5.32 Å². The zero-order valence-corrected chi connectivity index (χ0v) is 21.4. The minimum absolute atomic E-state index is 0.0246. The third-order valence-electron chi connectivity index (χ3n) is 6.20. The largest absolute Gasteiger partial charge is 0.481 e. The molecule has 0 bridgehead atoms. The Morgan fingerprint density at radius 1 is 1.05 bits per heavy atom. The van der Waals surface area contributed by atoms with Gasteiger partial charge in [0.05, 0.1) is 25.2 Å².